The van der Waals surface area contributed by atoms with E-state index < -0.39 is 29.4 Å². The quantitative estimate of drug-likeness (QED) is 0.604. The molecule has 0 saturated carbocycles. The molecule has 0 aliphatic rings. The largest absolute Gasteiger partial charge is 0.452 e. The van der Waals surface area contributed by atoms with Crippen LogP contribution in [0.3, 0.4) is 0 Å². The van der Waals surface area contributed by atoms with Gasteiger partial charge >= 0.3 is 12.3 Å². The number of nitrogens with one attached hydrogen (secondary N) is 1. The molecule has 7 nitrogen and oxygen atoms in total. The SMILES string of the molecule is COC(=O)N(C)c1ccc(NC(=O)c2cnn(-c3ccc(Cl)cc3)c2C(F)(F)F)cc1. The van der Waals surface area contributed by atoms with Crippen molar-refractivity contribution in [3.05, 3.63) is 71.0 Å². The van der Waals surface area contributed by atoms with Crippen molar-refractivity contribution < 1.29 is 27.5 Å². The van der Waals surface area contributed by atoms with Crippen LogP contribution in [-0.2, 0) is 10.9 Å². The smallest absolute Gasteiger partial charge is 0.434 e. The molecule has 2 aromatic carbocycles. The van der Waals surface area contributed by atoms with Crippen LogP contribution in [0, 0.1) is 0 Å². The monoisotopic (exact) mass is 452 g/mol. The molecule has 2 amide bonds. The molecule has 0 saturated heterocycles. The summed E-state index contributed by atoms with van der Waals surface area (Å²) in [6, 6.07) is 11.5. The van der Waals surface area contributed by atoms with Gasteiger partial charge in [0.15, 0.2) is 5.69 Å². The van der Waals surface area contributed by atoms with Crippen LogP contribution in [0.25, 0.3) is 5.69 Å². The standard InChI is InChI=1S/C20H16ClF3N4O3/c1-27(19(30)31-2)14-9-5-13(6-10-14)26-18(29)16-11-25-28(17(16)20(22,23)24)15-7-3-12(21)4-8-15/h3-11H,1-2H3,(H,26,29). The van der Waals surface area contributed by atoms with E-state index in [1.54, 1.807) is 0 Å². The van der Waals surface area contributed by atoms with Crippen molar-refractivity contribution in [3.8, 4) is 5.69 Å². The minimum absolute atomic E-state index is 0.103. The normalized spacial score (nSPS) is 11.2. The molecule has 0 fully saturated rings. The second-order valence-corrected chi connectivity index (χ2v) is 6.76. The lowest BCUT2D eigenvalue weighted by atomic mass is 10.2. The van der Waals surface area contributed by atoms with Crippen molar-refractivity contribution in [2.75, 3.05) is 24.4 Å². The first-order chi connectivity index (χ1) is 14.6. The maximum absolute atomic E-state index is 13.7. The number of carbonyl (C=O) groups excluding carboxylic acids is 2. The number of nitrogens with zero attached hydrogens (tertiary/aromatic N) is 3. The van der Waals surface area contributed by atoms with E-state index in [1.165, 1.54) is 67.6 Å². The molecular formula is C20H16ClF3N4O3. The van der Waals surface area contributed by atoms with Gasteiger partial charge in [0, 0.05) is 23.4 Å². The Labute approximate surface area is 180 Å². The van der Waals surface area contributed by atoms with Crippen LogP contribution in [-0.4, -0.2) is 35.9 Å². The highest BCUT2D eigenvalue weighted by atomic mass is 35.5. The van der Waals surface area contributed by atoms with Gasteiger partial charge in [-0.3, -0.25) is 9.69 Å². The molecule has 0 radical (unpaired) electrons. The molecule has 162 valence electrons. The van der Waals surface area contributed by atoms with Crippen LogP contribution in [0.5, 0.6) is 0 Å². The first-order valence-corrected chi connectivity index (χ1v) is 9.14. The molecule has 3 rings (SSSR count). The number of benzene rings is 2. The van der Waals surface area contributed by atoms with Gasteiger partial charge in [0.05, 0.1) is 24.6 Å². The second-order valence-electron chi connectivity index (χ2n) is 6.32. The maximum Gasteiger partial charge on any atom is 0.434 e. The Kier molecular flexibility index (Phi) is 6.21. The summed E-state index contributed by atoms with van der Waals surface area (Å²) in [5, 5.41) is 6.50. The lowest BCUT2D eigenvalue weighted by Gasteiger charge is -2.16. The molecule has 11 heteroatoms. The van der Waals surface area contributed by atoms with E-state index in [0.29, 0.717) is 15.4 Å². The Morgan fingerprint density at radius 1 is 1.10 bits per heavy atom. The first-order valence-electron chi connectivity index (χ1n) is 8.76. The summed E-state index contributed by atoms with van der Waals surface area (Å²) in [5.41, 5.74) is -1.05. The molecule has 1 N–H and O–H groups in total. The Hall–Kier alpha value is -3.53. The van der Waals surface area contributed by atoms with Crippen LogP contribution in [0.2, 0.25) is 5.02 Å². The fraction of sp³-hybridized carbons (Fsp3) is 0.150. The number of amides is 2. The molecule has 3 aromatic rings. The lowest BCUT2D eigenvalue weighted by molar-refractivity contribution is -0.143. The number of ether oxygens (including phenoxy) is 1. The zero-order chi connectivity index (χ0) is 22.8. The van der Waals surface area contributed by atoms with Gasteiger partial charge in [0.25, 0.3) is 5.91 Å². The highest BCUT2D eigenvalue weighted by Gasteiger charge is 2.40. The Morgan fingerprint density at radius 2 is 1.71 bits per heavy atom. The van der Waals surface area contributed by atoms with E-state index in [1.807, 2.05) is 0 Å². The highest BCUT2D eigenvalue weighted by molar-refractivity contribution is 6.30. The zero-order valence-corrected chi connectivity index (χ0v) is 17.0. The predicted octanol–water partition coefficient (Wildman–Crippen LogP) is 5.00. The predicted molar refractivity (Wildman–Crippen MR) is 109 cm³/mol. The zero-order valence-electron chi connectivity index (χ0n) is 16.3. The van der Waals surface area contributed by atoms with E-state index >= 15 is 0 Å². The van der Waals surface area contributed by atoms with E-state index in [0.717, 1.165) is 6.20 Å². The Balaban J connectivity index is 1.88. The fourth-order valence-electron chi connectivity index (χ4n) is 2.77. The van der Waals surface area contributed by atoms with Gasteiger partial charge < -0.3 is 10.1 Å². The maximum atomic E-state index is 13.7. The third-order valence-corrected chi connectivity index (χ3v) is 4.57. The molecule has 1 aromatic heterocycles. The third kappa shape index (κ3) is 4.80. The summed E-state index contributed by atoms with van der Waals surface area (Å²) in [6.45, 7) is 0. The number of carbonyl (C=O) groups is 2. The van der Waals surface area contributed by atoms with Crippen molar-refractivity contribution in [1.82, 2.24) is 9.78 Å². The number of alkyl halides is 3. The molecule has 0 aliphatic carbocycles. The molecule has 0 bridgehead atoms. The van der Waals surface area contributed by atoms with Crippen LogP contribution in [0.4, 0.5) is 29.3 Å². The first kappa shape index (κ1) is 22.2. The van der Waals surface area contributed by atoms with E-state index in [2.05, 4.69) is 15.2 Å². The molecular weight excluding hydrogens is 437 g/mol. The summed E-state index contributed by atoms with van der Waals surface area (Å²) < 4.78 is 46.5. The molecule has 31 heavy (non-hydrogen) atoms. The molecule has 0 atom stereocenters. The van der Waals surface area contributed by atoms with E-state index in [9.17, 15) is 22.8 Å². The van der Waals surface area contributed by atoms with Crippen molar-refractivity contribution >= 4 is 35.0 Å². The molecule has 1 heterocycles. The van der Waals surface area contributed by atoms with Crippen LogP contribution < -0.4 is 10.2 Å². The average molecular weight is 453 g/mol. The van der Waals surface area contributed by atoms with Crippen molar-refractivity contribution in [1.29, 1.82) is 0 Å². The van der Waals surface area contributed by atoms with Gasteiger partial charge in [0.1, 0.15) is 0 Å². The number of anilines is 2. The minimum atomic E-state index is -4.84. The van der Waals surface area contributed by atoms with Crippen molar-refractivity contribution in [2.45, 2.75) is 6.18 Å². The van der Waals surface area contributed by atoms with Gasteiger partial charge in [-0.1, -0.05) is 11.6 Å². The number of rotatable bonds is 4. The fourth-order valence-corrected chi connectivity index (χ4v) is 2.90. The molecule has 0 unspecified atom stereocenters. The number of hydrogen-bond acceptors (Lipinski definition) is 4. The van der Waals surface area contributed by atoms with Crippen molar-refractivity contribution in [3.63, 3.8) is 0 Å². The van der Waals surface area contributed by atoms with Gasteiger partial charge in [0.2, 0.25) is 0 Å². The van der Waals surface area contributed by atoms with Crippen LogP contribution in [0.15, 0.2) is 54.7 Å². The highest BCUT2D eigenvalue weighted by Crippen LogP contribution is 2.34. The average Bonchev–Trinajstić information content (AvgIpc) is 3.20. The van der Waals surface area contributed by atoms with Gasteiger partial charge in [-0.15, -0.1) is 0 Å². The van der Waals surface area contributed by atoms with Gasteiger partial charge in [-0.05, 0) is 48.5 Å². The number of methoxy groups -OCH3 is 1. The van der Waals surface area contributed by atoms with Gasteiger partial charge in [-0.25, -0.2) is 9.48 Å². The summed E-state index contributed by atoms with van der Waals surface area (Å²) in [5.74, 6) is -0.985. The topological polar surface area (TPSA) is 76.5 Å². The Morgan fingerprint density at radius 3 is 2.26 bits per heavy atom. The number of halogens is 4. The third-order valence-electron chi connectivity index (χ3n) is 4.31. The van der Waals surface area contributed by atoms with E-state index in [4.69, 9.17) is 11.6 Å². The van der Waals surface area contributed by atoms with Crippen LogP contribution >= 0.6 is 11.6 Å². The van der Waals surface area contributed by atoms with Crippen molar-refractivity contribution in [2.24, 2.45) is 0 Å². The summed E-state index contributed by atoms with van der Waals surface area (Å²) >= 11 is 5.79. The molecule has 0 spiro atoms. The lowest BCUT2D eigenvalue weighted by Crippen LogP contribution is -2.25. The molecule has 0 aliphatic heterocycles. The summed E-state index contributed by atoms with van der Waals surface area (Å²) in [4.78, 5) is 25.3. The Bertz CT molecular complexity index is 1100. The second kappa shape index (κ2) is 8.68. The summed E-state index contributed by atoms with van der Waals surface area (Å²) in [7, 11) is 2.72. The minimum Gasteiger partial charge on any atom is -0.452 e. The number of hydrogen-bond donors (Lipinski definition) is 1. The van der Waals surface area contributed by atoms with Gasteiger partial charge in [-0.2, -0.15) is 18.3 Å². The summed E-state index contributed by atoms with van der Waals surface area (Å²) in [6.07, 6.45) is -4.58. The number of aromatic nitrogens is 2. The van der Waals surface area contributed by atoms with E-state index in [-0.39, 0.29) is 11.4 Å². The van der Waals surface area contributed by atoms with Crippen LogP contribution in [0.1, 0.15) is 16.1 Å².